The van der Waals surface area contributed by atoms with Crippen molar-refractivity contribution in [2.24, 2.45) is 0 Å². The summed E-state index contributed by atoms with van der Waals surface area (Å²) < 4.78 is 3.50. The van der Waals surface area contributed by atoms with Gasteiger partial charge in [-0.2, -0.15) is 0 Å². The highest BCUT2D eigenvalue weighted by molar-refractivity contribution is 4.66. The van der Waals surface area contributed by atoms with Gasteiger partial charge in [0.15, 0.2) is 0 Å². The first-order chi connectivity index (χ1) is 5.95. The van der Waals surface area contributed by atoms with Crippen molar-refractivity contribution >= 4 is 0 Å². The molecule has 62 valence electrons. The largest absolute Gasteiger partial charge is 0.251 e. The lowest BCUT2D eigenvalue weighted by molar-refractivity contribution is 0.480. The number of rotatable bonds is 3. The zero-order valence-corrected chi connectivity index (χ0v) is 6.41. The minimum absolute atomic E-state index is 0.767. The Balaban J connectivity index is 1.91. The Morgan fingerprint density at radius 2 is 1.33 bits per heavy atom. The van der Waals surface area contributed by atoms with E-state index < -0.39 is 0 Å². The van der Waals surface area contributed by atoms with E-state index in [0.717, 1.165) is 13.1 Å². The lowest BCUT2D eigenvalue weighted by atomic mass is 10.6. The lowest BCUT2D eigenvalue weighted by Gasteiger charge is -1.98. The molecule has 0 fully saturated rings. The van der Waals surface area contributed by atoms with Crippen LogP contribution in [0.5, 0.6) is 0 Å². The Kier molecular flexibility index (Phi) is 1.81. The topological polar surface area (TPSA) is 61.4 Å². The molecule has 0 atom stereocenters. The van der Waals surface area contributed by atoms with Gasteiger partial charge in [0.05, 0.1) is 25.5 Å². The quantitative estimate of drug-likeness (QED) is 0.617. The minimum atomic E-state index is 0.767. The molecule has 2 heterocycles. The van der Waals surface area contributed by atoms with Crippen LogP contribution in [0.3, 0.4) is 0 Å². The van der Waals surface area contributed by atoms with Gasteiger partial charge in [-0.3, -0.25) is 9.36 Å². The summed E-state index contributed by atoms with van der Waals surface area (Å²) in [5.74, 6) is 0. The zero-order chi connectivity index (χ0) is 8.23. The third kappa shape index (κ3) is 1.47. The first-order valence-corrected chi connectivity index (χ1v) is 3.63. The van der Waals surface area contributed by atoms with Gasteiger partial charge in [0.1, 0.15) is 0 Å². The van der Waals surface area contributed by atoms with Gasteiger partial charge in [0.25, 0.3) is 0 Å². The van der Waals surface area contributed by atoms with Gasteiger partial charge in [-0.1, -0.05) is 10.4 Å². The van der Waals surface area contributed by atoms with Gasteiger partial charge in [-0.25, -0.2) is 0 Å². The average molecular weight is 164 g/mol. The standard InChI is InChI=1S/C6H8N6/c1-3-11(9-7-1)5-6-12-4-2-8-10-12/h1-4H,5-6H2. The molecule has 0 radical (unpaired) electrons. The van der Waals surface area contributed by atoms with Gasteiger partial charge < -0.3 is 0 Å². The zero-order valence-electron chi connectivity index (χ0n) is 6.41. The summed E-state index contributed by atoms with van der Waals surface area (Å²) in [5.41, 5.74) is 0. The molecule has 0 aliphatic carbocycles. The normalized spacial score (nSPS) is 10.3. The first kappa shape index (κ1) is 6.96. The fourth-order valence-corrected chi connectivity index (χ4v) is 0.909. The summed E-state index contributed by atoms with van der Waals surface area (Å²) >= 11 is 0. The molecule has 12 heavy (non-hydrogen) atoms. The molecule has 0 aliphatic rings. The Morgan fingerprint density at radius 1 is 0.833 bits per heavy atom. The molecular formula is C6H8N6. The maximum absolute atomic E-state index is 3.82. The Labute approximate surface area is 68.8 Å². The monoisotopic (exact) mass is 164 g/mol. The van der Waals surface area contributed by atoms with Gasteiger partial charge in [0.2, 0.25) is 0 Å². The Bertz CT molecular complexity index is 275. The van der Waals surface area contributed by atoms with E-state index in [0.29, 0.717) is 0 Å². The van der Waals surface area contributed by atoms with Crippen molar-refractivity contribution in [3.05, 3.63) is 24.8 Å². The molecule has 0 saturated carbocycles. The summed E-state index contributed by atoms with van der Waals surface area (Å²) in [4.78, 5) is 0. The van der Waals surface area contributed by atoms with E-state index in [-0.39, 0.29) is 0 Å². The number of hydrogen-bond donors (Lipinski definition) is 0. The second-order valence-electron chi connectivity index (χ2n) is 2.33. The van der Waals surface area contributed by atoms with Crippen LogP contribution in [0.2, 0.25) is 0 Å². The molecular weight excluding hydrogens is 156 g/mol. The van der Waals surface area contributed by atoms with E-state index in [9.17, 15) is 0 Å². The Morgan fingerprint density at radius 3 is 1.67 bits per heavy atom. The molecule has 0 aliphatic heterocycles. The molecule has 6 nitrogen and oxygen atoms in total. The second-order valence-corrected chi connectivity index (χ2v) is 2.33. The lowest BCUT2D eigenvalue weighted by Crippen LogP contribution is -2.08. The summed E-state index contributed by atoms with van der Waals surface area (Å²) in [6, 6.07) is 0. The van der Waals surface area contributed by atoms with E-state index in [1.165, 1.54) is 0 Å². The van der Waals surface area contributed by atoms with Crippen molar-refractivity contribution < 1.29 is 0 Å². The smallest absolute Gasteiger partial charge is 0.0692 e. The average Bonchev–Trinajstić information content (AvgIpc) is 2.74. The molecule has 0 amide bonds. The molecule has 6 heteroatoms. The fourth-order valence-electron chi connectivity index (χ4n) is 0.909. The molecule has 2 aromatic rings. The van der Waals surface area contributed by atoms with Crippen LogP contribution in [0.25, 0.3) is 0 Å². The molecule has 0 bridgehead atoms. The third-order valence-electron chi connectivity index (χ3n) is 1.50. The summed E-state index contributed by atoms with van der Waals surface area (Å²) in [6.07, 6.45) is 6.94. The predicted molar refractivity (Wildman–Crippen MR) is 40.0 cm³/mol. The second kappa shape index (κ2) is 3.12. The number of aromatic nitrogens is 6. The summed E-state index contributed by atoms with van der Waals surface area (Å²) in [6.45, 7) is 1.53. The van der Waals surface area contributed by atoms with Gasteiger partial charge in [0, 0.05) is 12.4 Å². The van der Waals surface area contributed by atoms with E-state index in [2.05, 4.69) is 20.6 Å². The molecule has 0 aromatic carbocycles. The highest BCUT2D eigenvalue weighted by atomic mass is 15.4. The molecule has 0 N–H and O–H groups in total. The van der Waals surface area contributed by atoms with Crippen LogP contribution >= 0.6 is 0 Å². The number of nitrogens with zero attached hydrogens (tertiary/aromatic N) is 6. The van der Waals surface area contributed by atoms with Gasteiger partial charge in [-0.15, -0.1) is 10.2 Å². The molecule has 2 rings (SSSR count). The van der Waals surface area contributed by atoms with Crippen LogP contribution in [-0.4, -0.2) is 30.0 Å². The molecule has 0 saturated heterocycles. The molecule has 2 aromatic heterocycles. The number of aryl methyl sites for hydroxylation is 2. The van der Waals surface area contributed by atoms with Crippen molar-refractivity contribution in [1.29, 1.82) is 0 Å². The van der Waals surface area contributed by atoms with Crippen LogP contribution in [-0.2, 0) is 13.1 Å². The van der Waals surface area contributed by atoms with Gasteiger partial charge >= 0.3 is 0 Å². The Hall–Kier alpha value is -1.72. The SMILES string of the molecule is c1cn(CCn2ccnn2)nn1. The maximum Gasteiger partial charge on any atom is 0.0692 e. The van der Waals surface area contributed by atoms with Crippen LogP contribution in [0.1, 0.15) is 0 Å². The van der Waals surface area contributed by atoms with Gasteiger partial charge in [-0.05, 0) is 0 Å². The summed E-state index contributed by atoms with van der Waals surface area (Å²) in [7, 11) is 0. The van der Waals surface area contributed by atoms with E-state index >= 15 is 0 Å². The molecule has 0 spiro atoms. The highest BCUT2D eigenvalue weighted by Gasteiger charge is 1.92. The van der Waals surface area contributed by atoms with Crippen LogP contribution in [0.4, 0.5) is 0 Å². The highest BCUT2D eigenvalue weighted by Crippen LogP contribution is 1.85. The van der Waals surface area contributed by atoms with Crippen LogP contribution in [0, 0.1) is 0 Å². The van der Waals surface area contributed by atoms with E-state index in [1.54, 1.807) is 21.8 Å². The summed E-state index contributed by atoms with van der Waals surface area (Å²) in [5, 5.41) is 15.0. The van der Waals surface area contributed by atoms with Crippen molar-refractivity contribution in [3.8, 4) is 0 Å². The van der Waals surface area contributed by atoms with Crippen molar-refractivity contribution in [2.45, 2.75) is 13.1 Å². The molecule has 0 unspecified atom stereocenters. The van der Waals surface area contributed by atoms with E-state index in [4.69, 9.17) is 0 Å². The van der Waals surface area contributed by atoms with Crippen LogP contribution in [0.15, 0.2) is 24.8 Å². The van der Waals surface area contributed by atoms with Crippen molar-refractivity contribution in [2.75, 3.05) is 0 Å². The minimum Gasteiger partial charge on any atom is -0.251 e. The van der Waals surface area contributed by atoms with Crippen molar-refractivity contribution in [3.63, 3.8) is 0 Å². The predicted octanol–water partition coefficient (Wildman–Crippen LogP) is -0.430. The van der Waals surface area contributed by atoms with Crippen LogP contribution < -0.4 is 0 Å². The maximum atomic E-state index is 3.82. The third-order valence-corrected chi connectivity index (χ3v) is 1.50. The fraction of sp³-hybridized carbons (Fsp3) is 0.333. The first-order valence-electron chi connectivity index (χ1n) is 3.63. The van der Waals surface area contributed by atoms with E-state index in [1.807, 2.05) is 12.4 Å². The van der Waals surface area contributed by atoms with Crippen molar-refractivity contribution in [1.82, 2.24) is 30.0 Å². The number of hydrogen-bond acceptors (Lipinski definition) is 4.